The van der Waals surface area contributed by atoms with E-state index in [-0.39, 0.29) is 5.56 Å². The second-order valence-corrected chi connectivity index (χ2v) is 5.15. The van der Waals surface area contributed by atoms with Crippen molar-refractivity contribution in [2.45, 2.75) is 0 Å². The van der Waals surface area contributed by atoms with Crippen LogP contribution in [0, 0.1) is 11.6 Å². The van der Waals surface area contributed by atoms with Crippen molar-refractivity contribution in [1.29, 1.82) is 0 Å². The fourth-order valence-electron chi connectivity index (χ4n) is 2.38. The van der Waals surface area contributed by atoms with Gasteiger partial charge < -0.3 is 4.74 Å². The van der Waals surface area contributed by atoms with Crippen molar-refractivity contribution in [3.63, 3.8) is 0 Å². The van der Waals surface area contributed by atoms with Crippen LogP contribution in [-0.2, 0) is 4.74 Å². The predicted molar refractivity (Wildman–Crippen MR) is 84.9 cm³/mol. The fourth-order valence-corrected chi connectivity index (χ4v) is 2.38. The van der Waals surface area contributed by atoms with Crippen molar-refractivity contribution in [1.82, 2.24) is 0 Å². The molecule has 0 N–H and O–H groups in total. The average molecular weight is 329 g/mol. The Balaban J connectivity index is 1.83. The molecule has 3 rings (SSSR count). The molecule has 0 bridgehead atoms. The van der Waals surface area contributed by atoms with Crippen LogP contribution in [0.2, 0.25) is 0 Å². The van der Waals surface area contributed by atoms with Gasteiger partial charge in [0, 0.05) is 16.8 Å². The first kappa shape index (κ1) is 15.9. The largest absolute Gasteiger partial charge is 0.447 e. The molecule has 1 amide bonds. The number of rotatable bonds is 4. The topological polar surface area (TPSA) is 46.6 Å². The summed E-state index contributed by atoms with van der Waals surface area (Å²) in [6, 6.07) is 9.91. The summed E-state index contributed by atoms with van der Waals surface area (Å²) in [5, 5.41) is 0. The van der Waals surface area contributed by atoms with Gasteiger partial charge in [0.2, 0.25) is 0 Å². The number of amides is 1. The number of ether oxygens (including phenoxy) is 1. The molecule has 1 heterocycles. The number of cyclic esters (lactones) is 1. The van der Waals surface area contributed by atoms with Crippen LogP contribution in [-0.4, -0.2) is 25.0 Å². The number of carbonyl (C=O) groups excluding carboxylic acids is 2. The van der Waals surface area contributed by atoms with Gasteiger partial charge in [-0.1, -0.05) is 18.2 Å². The Kier molecular flexibility index (Phi) is 4.37. The minimum atomic E-state index is -0.743. The number of benzene rings is 2. The molecule has 0 radical (unpaired) electrons. The molecule has 122 valence electrons. The first-order chi connectivity index (χ1) is 11.6. The molecule has 0 aliphatic carbocycles. The first-order valence-corrected chi connectivity index (χ1v) is 7.27. The highest BCUT2D eigenvalue weighted by molar-refractivity contribution is 6.07. The number of ketones is 1. The molecular formula is C18H13F2NO3. The zero-order valence-electron chi connectivity index (χ0n) is 12.5. The second-order valence-electron chi connectivity index (χ2n) is 5.15. The van der Waals surface area contributed by atoms with E-state index in [1.807, 2.05) is 0 Å². The lowest BCUT2D eigenvalue weighted by Crippen LogP contribution is -2.23. The number of hydrogen-bond donors (Lipinski definition) is 0. The van der Waals surface area contributed by atoms with Gasteiger partial charge in [-0.3, -0.25) is 9.69 Å². The molecule has 1 aliphatic heterocycles. The molecular weight excluding hydrogens is 316 g/mol. The van der Waals surface area contributed by atoms with Crippen LogP contribution in [0.5, 0.6) is 0 Å². The van der Waals surface area contributed by atoms with Gasteiger partial charge in [0.15, 0.2) is 5.78 Å². The van der Waals surface area contributed by atoms with Gasteiger partial charge in [0.25, 0.3) is 0 Å². The van der Waals surface area contributed by atoms with Gasteiger partial charge in [-0.2, -0.15) is 0 Å². The summed E-state index contributed by atoms with van der Waals surface area (Å²) in [5.74, 6) is -1.91. The molecule has 1 aliphatic rings. The van der Waals surface area contributed by atoms with Crippen molar-refractivity contribution in [3.05, 3.63) is 71.3 Å². The smallest absolute Gasteiger partial charge is 0.414 e. The van der Waals surface area contributed by atoms with Gasteiger partial charge in [0.1, 0.15) is 18.2 Å². The summed E-state index contributed by atoms with van der Waals surface area (Å²) in [6.45, 7) is 0.705. The number of nitrogens with zero attached hydrogens (tertiary/aromatic N) is 1. The number of carbonyl (C=O) groups is 2. The summed E-state index contributed by atoms with van der Waals surface area (Å²) in [5.41, 5.74) is 0.569. The molecule has 0 saturated carbocycles. The first-order valence-electron chi connectivity index (χ1n) is 7.27. The molecule has 0 spiro atoms. The normalized spacial score (nSPS) is 14.2. The second kappa shape index (κ2) is 6.62. The van der Waals surface area contributed by atoms with Gasteiger partial charge in [-0.05, 0) is 36.4 Å². The maximum absolute atomic E-state index is 13.6. The van der Waals surface area contributed by atoms with Crippen LogP contribution >= 0.6 is 0 Å². The minimum absolute atomic E-state index is 0.273. The highest BCUT2D eigenvalue weighted by Crippen LogP contribution is 2.21. The maximum atomic E-state index is 13.6. The zero-order valence-corrected chi connectivity index (χ0v) is 12.5. The third-order valence-electron chi connectivity index (χ3n) is 3.60. The Bertz CT molecular complexity index is 813. The highest BCUT2D eigenvalue weighted by atomic mass is 19.1. The molecule has 4 nitrogen and oxygen atoms in total. The van der Waals surface area contributed by atoms with Gasteiger partial charge in [0.05, 0.1) is 6.54 Å². The van der Waals surface area contributed by atoms with Crippen molar-refractivity contribution < 1.29 is 23.1 Å². The van der Waals surface area contributed by atoms with E-state index in [0.717, 1.165) is 24.3 Å². The summed E-state index contributed by atoms with van der Waals surface area (Å²) in [7, 11) is 0. The number of allylic oxidation sites excluding steroid dienone is 1. The van der Waals surface area contributed by atoms with Crippen LogP contribution in [0.25, 0.3) is 6.08 Å². The van der Waals surface area contributed by atoms with Gasteiger partial charge in [-0.25, -0.2) is 13.6 Å². The molecule has 24 heavy (non-hydrogen) atoms. The van der Waals surface area contributed by atoms with Crippen LogP contribution < -0.4 is 4.90 Å². The molecule has 0 unspecified atom stereocenters. The lowest BCUT2D eigenvalue weighted by molar-refractivity contribution is 0.104. The van der Waals surface area contributed by atoms with E-state index < -0.39 is 23.5 Å². The molecule has 0 atom stereocenters. The molecule has 6 heteroatoms. The molecule has 2 aromatic rings. The van der Waals surface area contributed by atoms with Crippen molar-refractivity contribution in [2.24, 2.45) is 0 Å². The highest BCUT2D eigenvalue weighted by Gasteiger charge is 2.23. The third kappa shape index (κ3) is 3.17. The van der Waals surface area contributed by atoms with Crippen LogP contribution in [0.4, 0.5) is 19.3 Å². The minimum Gasteiger partial charge on any atom is -0.447 e. The lowest BCUT2D eigenvalue weighted by atomic mass is 10.1. The molecule has 2 aromatic carbocycles. The van der Waals surface area contributed by atoms with E-state index in [0.29, 0.717) is 24.4 Å². The van der Waals surface area contributed by atoms with Gasteiger partial charge >= 0.3 is 6.09 Å². The summed E-state index contributed by atoms with van der Waals surface area (Å²) in [6.07, 6.45) is 1.73. The van der Waals surface area contributed by atoms with E-state index in [2.05, 4.69) is 0 Å². The standard InChI is InChI=1S/C18H13F2NO3/c19-15-5-2-6-16(20)14(15)7-8-17(22)12-3-1-4-13(11-12)21-9-10-24-18(21)23/h1-8,11H,9-10H2/b8-7-. The molecule has 1 fully saturated rings. The Labute approximate surface area is 137 Å². The quantitative estimate of drug-likeness (QED) is 0.633. The van der Waals surface area contributed by atoms with Crippen LogP contribution in [0.1, 0.15) is 15.9 Å². The summed E-state index contributed by atoms with van der Waals surface area (Å²) >= 11 is 0. The Hall–Kier alpha value is -3.02. The Morgan fingerprint density at radius 3 is 2.50 bits per heavy atom. The average Bonchev–Trinajstić information content (AvgIpc) is 3.00. The Morgan fingerprint density at radius 1 is 1.12 bits per heavy atom. The van der Waals surface area contributed by atoms with Crippen LogP contribution in [0.15, 0.2) is 48.5 Å². The monoisotopic (exact) mass is 329 g/mol. The summed E-state index contributed by atoms with van der Waals surface area (Å²) in [4.78, 5) is 25.2. The molecule has 0 aromatic heterocycles. The van der Waals surface area contributed by atoms with E-state index in [9.17, 15) is 18.4 Å². The van der Waals surface area contributed by atoms with E-state index in [1.165, 1.54) is 17.0 Å². The number of anilines is 1. The fraction of sp³-hybridized carbons (Fsp3) is 0.111. The zero-order chi connectivity index (χ0) is 17.1. The van der Waals surface area contributed by atoms with Crippen molar-refractivity contribution in [3.8, 4) is 0 Å². The lowest BCUT2D eigenvalue weighted by Gasteiger charge is -2.13. The van der Waals surface area contributed by atoms with E-state index in [4.69, 9.17) is 4.74 Å². The summed E-state index contributed by atoms with van der Waals surface area (Å²) < 4.78 is 32.0. The Morgan fingerprint density at radius 2 is 1.83 bits per heavy atom. The number of halogens is 2. The predicted octanol–water partition coefficient (Wildman–Crippen LogP) is 3.82. The molecule has 1 saturated heterocycles. The van der Waals surface area contributed by atoms with Crippen LogP contribution in [0.3, 0.4) is 0 Å². The number of hydrogen-bond acceptors (Lipinski definition) is 3. The van der Waals surface area contributed by atoms with E-state index >= 15 is 0 Å². The van der Waals surface area contributed by atoms with Crippen molar-refractivity contribution in [2.75, 3.05) is 18.1 Å². The SMILES string of the molecule is O=C(/C=C\c1c(F)cccc1F)c1cccc(N2CCOC2=O)c1. The third-order valence-corrected chi connectivity index (χ3v) is 3.60. The maximum Gasteiger partial charge on any atom is 0.414 e. The van der Waals surface area contributed by atoms with Gasteiger partial charge in [-0.15, -0.1) is 0 Å². The van der Waals surface area contributed by atoms with E-state index in [1.54, 1.807) is 18.2 Å². The van der Waals surface area contributed by atoms with Crippen molar-refractivity contribution >= 4 is 23.6 Å².